The summed E-state index contributed by atoms with van der Waals surface area (Å²) in [6.45, 7) is 10.7. The van der Waals surface area contributed by atoms with Gasteiger partial charge in [-0.25, -0.2) is 0 Å². The van der Waals surface area contributed by atoms with Crippen LogP contribution in [0.2, 0.25) is 0 Å². The first kappa shape index (κ1) is 31.7. The molecule has 3 fully saturated rings. The Morgan fingerprint density at radius 3 is 2.18 bits per heavy atom. The largest absolute Gasteiger partial charge is 0.675 e. The van der Waals surface area contributed by atoms with Crippen molar-refractivity contribution in [2.45, 2.75) is 70.9 Å². The molecule has 1 aliphatic carbocycles. The van der Waals surface area contributed by atoms with E-state index in [0.29, 0.717) is 6.04 Å². The molecule has 0 spiro atoms. The summed E-state index contributed by atoms with van der Waals surface area (Å²) in [5.41, 5.74) is 7.47. The Balaban J connectivity index is 0. The van der Waals surface area contributed by atoms with Gasteiger partial charge in [0.05, 0.1) is 0 Å². The molecule has 2 heterocycles. The molecule has 2 aliphatic heterocycles. The number of rotatable bonds is 4. The number of piperazine rings is 1. The Morgan fingerprint density at radius 2 is 1.71 bits per heavy atom. The number of nitrogens with zero attached hydrogens (tertiary/aromatic N) is 2. The van der Waals surface area contributed by atoms with Gasteiger partial charge >= 0.3 is 0 Å². The number of amides is 1. The van der Waals surface area contributed by atoms with Crippen molar-refractivity contribution in [3.63, 3.8) is 0 Å². The SMILES string of the molecule is CC([NH-])C1CCCCC1.C[C@@H]1CN(CC2CCNCC2)CCN1C=O.[CH3-].[U].[Y]. The molecular weight excluding hydrogens is 651 g/mol. The monoisotopic (exact) mass is 693 g/mol. The second kappa shape index (κ2) is 18.1. The third kappa shape index (κ3) is 11.8. The number of nitrogens with one attached hydrogen (secondary N) is 2. The molecule has 0 aromatic carbocycles. The average Bonchev–Trinajstić information content (AvgIpc) is 2.64. The maximum atomic E-state index is 10.8. The van der Waals surface area contributed by atoms with Gasteiger partial charge in [0.1, 0.15) is 0 Å². The maximum Gasteiger partial charge on any atom is 0.210 e. The van der Waals surface area contributed by atoms with Crippen LogP contribution in [-0.2, 0) is 37.5 Å². The molecule has 28 heavy (non-hydrogen) atoms. The molecule has 1 amide bonds. The third-order valence-corrected chi connectivity index (χ3v) is 6.23. The molecule has 0 aromatic rings. The number of hydrogen-bond acceptors (Lipinski definition) is 3. The first-order valence-electron chi connectivity index (χ1n) is 10.5. The first-order chi connectivity index (χ1) is 12.1. The van der Waals surface area contributed by atoms with Gasteiger partial charge in [-0.1, -0.05) is 44.9 Å². The summed E-state index contributed by atoms with van der Waals surface area (Å²) >= 11 is 0. The van der Waals surface area contributed by atoms with Gasteiger partial charge in [0.2, 0.25) is 6.41 Å². The van der Waals surface area contributed by atoms with Gasteiger partial charge in [-0.3, -0.25) is 9.69 Å². The van der Waals surface area contributed by atoms with E-state index in [0.717, 1.165) is 37.9 Å². The van der Waals surface area contributed by atoms with Crippen molar-refractivity contribution in [3.8, 4) is 0 Å². The first-order valence-corrected chi connectivity index (χ1v) is 10.5. The van der Waals surface area contributed by atoms with Crippen LogP contribution in [0.5, 0.6) is 0 Å². The van der Waals surface area contributed by atoms with Crippen LogP contribution in [0.15, 0.2) is 0 Å². The van der Waals surface area contributed by atoms with Crippen LogP contribution in [-0.4, -0.2) is 67.6 Å². The van der Waals surface area contributed by atoms with Crippen LogP contribution in [0.3, 0.4) is 0 Å². The number of carbonyl (C=O) groups excluding carboxylic acids is 1. The summed E-state index contributed by atoms with van der Waals surface area (Å²) in [6.07, 6.45) is 10.4. The van der Waals surface area contributed by atoms with E-state index in [4.69, 9.17) is 5.73 Å². The quantitative estimate of drug-likeness (QED) is 0.362. The van der Waals surface area contributed by atoms with Crippen molar-refractivity contribution in [3.05, 3.63) is 13.2 Å². The molecule has 2 N–H and O–H groups in total. The second-order valence-corrected chi connectivity index (χ2v) is 8.33. The van der Waals surface area contributed by atoms with Crippen molar-refractivity contribution in [2.24, 2.45) is 11.8 Å². The van der Waals surface area contributed by atoms with Gasteiger partial charge < -0.3 is 23.4 Å². The minimum atomic E-state index is 0. The van der Waals surface area contributed by atoms with Crippen molar-refractivity contribution in [1.29, 1.82) is 0 Å². The number of carbonyl (C=O) groups is 1. The zero-order valence-corrected chi connectivity index (χ0v) is 25.5. The van der Waals surface area contributed by atoms with Crippen LogP contribution < -0.4 is 5.32 Å². The van der Waals surface area contributed by atoms with Crippen molar-refractivity contribution < 1.29 is 68.6 Å². The fourth-order valence-corrected chi connectivity index (χ4v) is 4.43. The van der Waals surface area contributed by atoms with Gasteiger partial charge in [0.15, 0.2) is 0 Å². The molecular formula is C21H42N4OUY-2. The molecule has 1 unspecified atom stereocenters. The molecule has 161 valence electrons. The normalized spacial score (nSPS) is 25.1. The number of piperidine rings is 1. The van der Waals surface area contributed by atoms with E-state index in [1.807, 2.05) is 11.8 Å². The zero-order chi connectivity index (χ0) is 18.1. The van der Waals surface area contributed by atoms with E-state index in [1.165, 1.54) is 64.6 Å². The van der Waals surface area contributed by atoms with Crippen LogP contribution in [0.25, 0.3) is 5.73 Å². The predicted octanol–water partition coefficient (Wildman–Crippen LogP) is 3.60. The van der Waals surface area contributed by atoms with Crippen LogP contribution >= 0.6 is 0 Å². The van der Waals surface area contributed by atoms with Crippen molar-refractivity contribution in [2.75, 3.05) is 39.3 Å². The molecule has 3 aliphatic rings. The summed E-state index contributed by atoms with van der Waals surface area (Å²) in [5, 5.41) is 3.40. The Bertz CT molecular complexity index is 377. The van der Waals surface area contributed by atoms with E-state index in [1.54, 1.807) is 0 Å². The zero-order valence-electron chi connectivity index (χ0n) is 18.5. The Hall–Kier alpha value is 1.51. The molecule has 7 heteroatoms. The second-order valence-electron chi connectivity index (χ2n) is 8.33. The van der Waals surface area contributed by atoms with Gasteiger partial charge in [0.25, 0.3) is 0 Å². The smallest absolute Gasteiger partial charge is 0.210 e. The minimum absolute atomic E-state index is 0. The Kier molecular flexibility index (Phi) is 20.5. The molecule has 2 atom stereocenters. The minimum Gasteiger partial charge on any atom is -0.675 e. The van der Waals surface area contributed by atoms with E-state index in [-0.39, 0.29) is 77.3 Å². The van der Waals surface area contributed by atoms with Gasteiger partial charge in [-0.2, -0.15) is 0 Å². The van der Waals surface area contributed by atoms with E-state index >= 15 is 0 Å². The summed E-state index contributed by atoms with van der Waals surface area (Å²) in [6, 6.07) is 0.568. The van der Waals surface area contributed by atoms with Crippen LogP contribution in [0.4, 0.5) is 0 Å². The van der Waals surface area contributed by atoms with Gasteiger partial charge in [0, 0.05) is 96.0 Å². The molecule has 5 nitrogen and oxygen atoms in total. The van der Waals surface area contributed by atoms with Gasteiger partial charge in [-0.15, -0.1) is 6.04 Å². The third-order valence-electron chi connectivity index (χ3n) is 6.23. The molecule has 3 rings (SSSR count). The van der Waals surface area contributed by atoms with Crippen LogP contribution in [0, 0.1) is 50.4 Å². The average molecular weight is 694 g/mol. The predicted molar refractivity (Wildman–Crippen MR) is 111 cm³/mol. The molecule has 0 aromatic heterocycles. The molecule has 2 saturated heterocycles. The van der Waals surface area contributed by atoms with E-state index in [2.05, 4.69) is 17.1 Å². The maximum absolute atomic E-state index is 10.8. The van der Waals surface area contributed by atoms with Gasteiger partial charge in [-0.05, 0) is 38.8 Å². The summed E-state index contributed by atoms with van der Waals surface area (Å²) in [7, 11) is 0. The standard InChI is InChI=1S/C12H23N3O.C8H16N.CH3.U.Y/c1-11-8-14(6-7-15(11)10-16)9-12-2-4-13-5-3-12;1-7(9)8-5-3-2-4-6-8;;;/h10-13H,2-9H2,1H3;7-9H,2-6H2,1H3;1H3;;/q;2*-1;;/t11-;;;;/m1..../s1. The fourth-order valence-electron chi connectivity index (χ4n) is 4.43. The summed E-state index contributed by atoms with van der Waals surface area (Å²) in [5.74, 6) is 1.58. The molecule has 1 radical (unpaired) electrons. The molecule has 1 saturated carbocycles. The number of hydrogen-bond donors (Lipinski definition) is 1. The van der Waals surface area contributed by atoms with E-state index in [9.17, 15) is 4.79 Å². The summed E-state index contributed by atoms with van der Waals surface area (Å²) < 4.78 is 0. The fraction of sp³-hybridized carbons (Fsp3) is 0.905. The molecule has 0 bridgehead atoms. The topological polar surface area (TPSA) is 59.4 Å². The van der Waals surface area contributed by atoms with E-state index < -0.39 is 0 Å². The Morgan fingerprint density at radius 1 is 1.11 bits per heavy atom. The Labute approximate surface area is 223 Å². The van der Waals surface area contributed by atoms with Crippen molar-refractivity contribution >= 4 is 6.41 Å². The van der Waals surface area contributed by atoms with Crippen molar-refractivity contribution in [1.82, 2.24) is 15.1 Å². The van der Waals surface area contributed by atoms with Crippen LogP contribution in [0.1, 0.15) is 58.8 Å². The summed E-state index contributed by atoms with van der Waals surface area (Å²) in [4.78, 5) is 15.2.